The Morgan fingerprint density at radius 1 is 1.03 bits per heavy atom. The lowest BCUT2D eigenvalue weighted by Crippen LogP contribution is -2.44. The lowest BCUT2D eigenvalue weighted by atomic mass is 9.95. The number of nitrogens with zero attached hydrogens (tertiary/aromatic N) is 3. The number of H-pyrrole nitrogens is 2. The number of aromatic amines is 2. The summed E-state index contributed by atoms with van der Waals surface area (Å²) < 4.78 is 1.09. The predicted octanol–water partition coefficient (Wildman–Crippen LogP) is 4.63. The molecule has 172 valence electrons. The number of nitrogens with one attached hydrogen (secondary N) is 3. The molecule has 0 atom stereocenters. The minimum Gasteiger partial charge on any atom is -0.380 e. The van der Waals surface area contributed by atoms with E-state index in [1.807, 2.05) is 11.4 Å². The Morgan fingerprint density at radius 2 is 1.85 bits per heavy atom. The average Bonchev–Trinajstić information content (AvgIpc) is 3.46. The van der Waals surface area contributed by atoms with Gasteiger partial charge in [-0.2, -0.15) is 0 Å². The van der Waals surface area contributed by atoms with Gasteiger partial charge in [0.05, 0.1) is 26.9 Å². The number of imidazole rings is 1. The molecule has 1 aliphatic carbocycles. The average molecular weight is 463 g/mol. The van der Waals surface area contributed by atoms with Crippen LogP contribution in [0.3, 0.4) is 0 Å². The molecule has 1 saturated heterocycles. The Kier molecular flexibility index (Phi) is 5.34. The van der Waals surface area contributed by atoms with Crippen molar-refractivity contribution < 1.29 is 0 Å². The molecule has 0 spiro atoms. The summed E-state index contributed by atoms with van der Waals surface area (Å²) in [5, 5.41) is 5.79. The van der Waals surface area contributed by atoms with Gasteiger partial charge in [0.15, 0.2) is 0 Å². The molecule has 3 N–H and O–H groups in total. The van der Waals surface area contributed by atoms with Crippen LogP contribution in [-0.4, -0.2) is 59.1 Å². The van der Waals surface area contributed by atoms with E-state index in [9.17, 15) is 4.79 Å². The lowest BCUT2D eigenvalue weighted by molar-refractivity contribution is 0.313. The molecule has 3 aromatic heterocycles. The Bertz CT molecular complexity index is 1340. The normalized spacial score (nSPS) is 18.4. The van der Waals surface area contributed by atoms with Crippen LogP contribution in [0.4, 0.5) is 11.4 Å². The maximum absolute atomic E-state index is 13.3. The molecule has 2 aliphatic rings. The number of benzene rings is 1. The number of hydrogen-bond acceptors (Lipinski definition) is 6. The number of pyridine rings is 1. The highest BCUT2D eigenvalue weighted by molar-refractivity contribution is 7.17. The zero-order chi connectivity index (χ0) is 22.4. The Labute approximate surface area is 196 Å². The monoisotopic (exact) mass is 462 g/mol. The number of hydrogen-bond donors (Lipinski definition) is 3. The fraction of sp³-hybridized carbons (Fsp3) is 0.440. The molecule has 0 unspecified atom stereocenters. The minimum absolute atomic E-state index is 0.0995. The van der Waals surface area contributed by atoms with Crippen LogP contribution in [0.5, 0.6) is 0 Å². The molecule has 1 saturated carbocycles. The number of fused-ring (bicyclic) bond motifs is 2. The largest absolute Gasteiger partial charge is 0.380 e. The van der Waals surface area contributed by atoms with Gasteiger partial charge < -0.3 is 25.1 Å². The van der Waals surface area contributed by atoms with Gasteiger partial charge in [0.25, 0.3) is 5.56 Å². The Balaban J connectivity index is 1.41. The molecular weight excluding hydrogens is 432 g/mol. The van der Waals surface area contributed by atoms with Gasteiger partial charge in [0.2, 0.25) is 0 Å². The van der Waals surface area contributed by atoms with Crippen molar-refractivity contribution >= 4 is 44.0 Å². The SMILES string of the molecule is CN1CCN(c2ccc3nc(-c4c(NC5CCCCC5)c5sccc5[nH]c4=O)[nH]c3c2)CC1. The molecule has 0 bridgehead atoms. The highest BCUT2D eigenvalue weighted by atomic mass is 32.1. The second kappa shape index (κ2) is 8.50. The highest BCUT2D eigenvalue weighted by Gasteiger charge is 2.23. The van der Waals surface area contributed by atoms with Crippen molar-refractivity contribution in [1.82, 2.24) is 19.9 Å². The fourth-order valence-corrected chi connectivity index (χ4v) is 6.07. The summed E-state index contributed by atoms with van der Waals surface area (Å²) in [6.07, 6.45) is 6.07. The fourth-order valence-electron chi connectivity index (χ4n) is 5.21. The van der Waals surface area contributed by atoms with Crippen molar-refractivity contribution in [2.24, 2.45) is 0 Å². The molecule has 4 aromatic rings. The van der Waals surface area contributed by atoms with E-state index in [1.165, 1.54) is 24.9 Å². The number of piperazine rings is 1. The van der Waals surface area contributed by atoms with Crippen molar-refractivity contribution in [3.05, 3.63) is 40.0 Å². The van der Waals surface area contributed by atoms with Crippen LogP contribution in [0.25, 0.3) is 32.6 Å². The molecule has 7 nitrogen and oxygen atoms in total. The quantitative estimate of drug-likeness (QED) is 0.412. The molecule has 4 heterocycles. The van der Waals surface area contributed by atoms with Crippen LogP contribution in [-0.2, 0) is 0 Å². The van der Waals surface area contributed by atoms with E-state index >= 15 is 0 Å². The second-order valence-electron chi connectivity index (χ2n) is 9.42. The summed E-state index contributed by atoms with van der Waals surface area (Å²) in [5.41, 5.74) is 5.39. The van der Waals surface area contributed by atoms with Gasteiger partial charge in [-0.15, -0.1) is 11.3 Å². The van der Waals surface area contributed by atoms with E-state index in [4.69, 9.17) is 4.98 Å². The number of likely N-dealkylation sites (N-methyl/N-ethyl adjacent to an activating group) is 1. The van der Waals surface area contributed by atoms with Gasteiger partial charge in [0, 0.05) is 37.9 Å². The van der Waals surface area contributed by atoms with Crippen molar-refractivity contribution in [2.45, 2.75) is 38.1 Å². The maximum Gasteiger partial charge on any atom is 0.261 e. The van der Waals surface area contributed by atoms with Gasteiger partial charge in [-0.25, -0.2) is 4.98 Å². The van der Waals surface area contributed by atoms with E-state index in [2.05, 4.69) is 50.3 Å². The van der Waals surface area contributed by atoms with Gasteiger partial charge in [-0.3, -0.25) is 4.79 Å². The highest BCUT2D eigenvalue weighted by Crippen LogP contribution is 2.36. The molecular formula is C25H30N6OS. The third-order valence-electron chi connectivity index (χ3n) is 7.14. The van der Waals surface area contributed by atoms with E-state index in [-0.39, 0.29) is 5.56 Å². The van der Waals surface area contributed by atoms with Gasteiger partial charge in [0.1, 0.15) is 11.4 Å². The van der Waals surface area contributed by atoms with E-state index in [0.29, 0.717) is 17.4 Å². The summed E-state index contributed by atoms with van der Waals surface area (Å²) in [6, 6.07) is 8.76. The summed E-state index contributed by atoms with van der Waals surface area (Å²) in [4.78, 5) is 29.4. The topological polar surface area (TPSA) is 80.0 Å². The molecule has 1 aliphatic heterocycles. The first kappa shape index (κ1) is 20.7. The van der Waals surface area contributed by atoms with Crippen LogP contribution >= 0.6 is 11.3 Å². The van der Waals surface area contributed by atoms with Crippen LogP contribution < -0.4 is 15.8 Å². The molecule has 6 rings (SSSR count). The third kappa shape index (κ3) is 3.91. The van der Waals surface area contributed by atoms with Gasteiger partial charge in [-0.1, -0.05) is 19.3 Å². The van der Waals surface area contributed by atoms with Crippen LogP contribution in [0.1, 0.15) is 32.1 Å². The van der Waals surface area contributed by atoms with Crippen molar-refractivity contribution in [3.8, 4) is 11.4 Å². The van der Waals surface area contributed by atoms with Crippen LogP contribution in [0.15, 0.2) is 34.4 Å². The number of thiophene rings is 1. The first-order chi connectivity index (χ1) is 16.2. The summed E-state index contributed by atoms with van der Waals surface area (Å²) in [7, 11) is 2.17. The van der Waals surface area contributed by atoms with Crippen molar-refractivity contribution in [2.75, 3.05) is 43.4 Å². The maximum atomic E-state index is 13.3. The Morgan fingerprint density at radius 3 is 2.67 bits per heavy atom. The Hall–Kier alpha value is -2.84. The van der Waals surface area contributed by atoms with Crippen molar-refractivity contribution in [1.29, 1.82) is 0 Å². The molecule has 2 fully saturated rings. The number of rotatable bonds is 4. The number of aromatic nitrogens is 3. The molecule has 33 heavy (non-hydrogen) atoms. The van der Waals surface area contributed by atoms with Crippen molar-refractivity contribution in [3.63, 3.8) is 0 Å². The molecule has 0 radical (unpaired) electrons. The van der Waals surface area contributed by atoms with Gasteiger partial charge in [-0.05, 0) is 49.5 Å². The smallest absolute Gasteiger partial charge is 0.261 e. The summed E-state index contributed by atoms with van der Waals surface area (Å²) in [6.45, 7) is 4.18. The standard InChI is InChI=1S/C25H30N6OS/c1-30-10-12-31(13-11-30)17-7-8-18-20(15-17)28-24(27-18)21-22(26-16-5-3-2-4-6-16)23-19(9-14-33-23)29-25(21)32/h7-9,14-16H,2-6,10-13H2,1H3,(H,27,28)(H2,26,29,32). The summed E-state index contributed by atoms with van der Waals surface area (Å²) in [5.74, 6) is 0.635. The zero-order valence-corrected chi connectivity index (χ0v) is 19.8. The first-order valence-corrected chi connectivity index (χ1v) is 12.9. The molecule has 0 amide bonds. The third-order valence-corrected chi connectivity index (χ3v) is 8.07. The van der Waals surface area contributed by atoms with Gasteiger partial charge >= 0.3 is 0 Å². The zero-order valence-electron chi connectivity index (χ0n) is 19.0. The molecule has 8 heteroatoms. The summed E-state index contributed by atoms with van der Waals surface area (Å²) >= 11 is 1.66. The van der Waals surface area contributed by atoms with E-state index in [1.54, 1.807) is 11.3 Å². The van der Waals surface area contributed by atoms with E-state index in [0.717, 1.165) is 66.0 Å². The lowest BCUT2D eigenvalue weighted by Gasteiger charge is -2.34. The predicted molar refractivity (Wildman–Crippen MR) is 138 cm³/mol. The first-order valence-electron chi connectivity index (χ1n) is 12.0. The van der Waals surface area contributed by atoms with Crippen LogP contribution in [0, 0.1) is 0 Å². The number of anilines is 2. The minimum atomic E-state index is -0.0995. The van der Waals surface area contributed by atoms with Crippen LogP contribution in [0.2, 0.25) is 0 Å². The second-order valence-corrected chi connectivity index (χ2v) is 10.3. The molecule has 1 aromatic carbocycles. The van der Waals surface area contributed by atoms with E-state index < -0.39 is 0 Å².